The molecule has 1 aliphatic heterocycles. The second-order valence-corrected chi connectivity index (χ2v) is 11.5. The van der Waals surface area contributed by atoms with E-state index in [1.165, 1.54) is 5.56 Å². The lowest BCUT2D eigenvalue weighted by molar-refractivity contribution is -0.138. The minimum Gasteiger partial charge on any atom is -0.481 e. The highest BCUT2D eigenvalue weighted by molar-refractivity contribution is 5.89. The van der Waals surface area contributed by atoms with E-state index in [1.54, 1.807) is 4.90 Å². The number of carbonyl (C=O) groups excluding carboxylic acids is 3. The fourth-order valence-electron chi connectivity index (χ4n) is 4.87. The summed E-state index contributed by atoms with van der Waals surface area (Å²) in [5.74, 6) is -0.780. The Hall–Kier alpha value is -2.90. The molecule has 0 saturated carbocycles. The van der Waals surface area contributed by atoms with Gasteiger partial charge in [-0.15, -0.1) is 0 Å². The minimum absolute atomic E-state index is 0.0346. The lowest BCUT2D eigenvalue weighted by atomic mass is 9.98. The highest BCUT2D eigenvalue weighted by atomic mass is 16.4. The first-order valence-corrected chi connectivity index (χ1v) is 13.6. The Morgan fingerprint density at radius 3 is 2.14 bits per heavy atom. The van der Waals surface area contributed by atoms with Gasteiger partial charge in [0, 0.05) is 31.5 Å². The molecule has 1 heterocycles. The summed E-state index contributed by atoms with van der Waals surface area (Å²) in [6, 6.07) is 6.74. The Labute approximate surface area is 221 Å². The number of hydrogen-bond donors (Lipinski definition) is 3. The van der Waals surface area contributed by atoms with Crippen LogP contribution in [-0.4, -0.2) is 51.8 Å². The van der Waals surface area contributed by atoms with E-state index in [0.717, 1.165) is 5.56 Å². The number of amides is 3. The highest BCUT2D eigenvalue weighted by Crippen LogP contribution is 2.25. The molecular weight excluding hydrogens is 470 g/mol. The highest BCUT2D eigenvalue weighted by Gasteiger charge is 2.33. The number of carboxylic acids is 1. The molecule has 0 spiro atoms. The number of carboxylic acid groups (broad SMARTS) is 1. The van der Waals surface area contributed by atoms with E-state index in [9.17, 15) is 24.3 Å². The van der Waals surface area contributed by atoms with E-state index in [-0.39, 0.29) is 48.4 Å². The van der Waals surface area contributed by atoms with Crippen LogP contribution in [0.2, 0.25) is 0 Å². The molecular formula is C29H45N3O5. The number of aliphatic carboxylic acids is 1. The van der Waals surface area contributed by atoms with E-state index in [2.05, 4.69) is 36.6 Å². The Bertz CT molecular complexity index is 926. The third-order valence-electron chi connectivity index (χ3n) is 6.76. The van der Waals surface area contributed by atoms with Crippen LogP contribution in [0.3, 0.4) is 0 Å². The van der Waals surface area contributed by atoms with Gasteiger partial charge < -0.3 is 20.6 Å². The van der Waals surface area contributed by atoms with E-state index in [0.29, 0.717) is 38.1 Å². The quantitative estimate of drug-likeness (QED) is 0.343. The Kier molecular flexibility index (Phi) is 11.6. The normalized spacial score (nSPS) is 17.4. The first-order valence-electron chi connectivity index (χ1n) is 13.6. The molecule has 3 atom stereocenters. The molecule has 1 aliphatic rings. The number of hydrogen-bond acceptors (Lipinski definition) is 4. The van der Waals surface area contributed by atoms with Crippen molar-refractivity contribution >= 4 is 23.7 Å². The molecule has 8 nitrogen and oxygen atoms in total. The molecule has 0 bridgehead atoms. The number of likely N-dealkylation sites (tertiary alicyclic amines) is 1. The van der Waals surface area contributed by atoms with Crippen molar-refractivity contribution in [3.8, 4) is 0 Å². The van der Waals surface area contributed by atoms with Gasteiger partial charge in [0.25, 0.3) is 0 Å². The Morgan fingerprint density at radius 2 is 1.59 bits per heavy atom. The average Bonchev–Trinajstić information content (AvgIpc) is 3.11. The van der Waals surface area contributed by atoms with Crippen molar-refractivity contribution in [2.24, 2.45) is 11.8 Å². The van der Waals surface area contributed by atoms with Gasteiger partial charge in [-0.2, -0.15) is 0 Å². The van der Waals surface area contributed by atoms with Crippen LogP contribution in [0.4, 0.5) is 0 Å². The SMILES string of the molecule is CC(C)C[C@@H](CC(=O)O)NC(=O)[C@H](CC(C)C)NC(=O)CC1CCC(=O)N1Cc1ccc(C(C)C)cc1. The summed E-state index contributed by atoms with van der Waals surface area (Å²) in [6.07, 6.45) is 1.95. The zero-order chi connectivity index (χ0) is 27.7. The molecule has 1 fully saturated rings. The van der Waals surface area contributed by atoms with E-state index < -0.39 is 18.1 Å². The average molecular weight is 516 g/mol. The van der Waals surface area contributed by atoms with Crippen molar-refractivity contribution in [3.05, 3.63) is 35.4 Å². The molecule has 2 rings (SSSR count). The monoisotopic (exact) mass is 515 g/mol. The van der Waals surface area contributed by atoms with Crippen molar-refractivity contribution in [3.63, 3.8) is 0 Å². The van der Waals surface area contributed by atoms with Crippen LogP contribution in [0, 0.1) is 11.8 Å². The largest absolute Gasteiger partial charge is 0.481 e. The van der Waals surface area contributed by atoms with Crippen LogP contribution in [0.25, 0.3) is 0 Å². The van der Waals surface area contributed by atoms with Gasteiger partial charge in [0.15, 0.2) is 0 Å². The number of benzene rings is 1. The minimum atomic E-state index is -0.972. The van der Waals surface area contributed by atoms with Crippen LogP contribution in [0.15, 0.2) is 24.3 Å². The molecule has 8 heteroatoms. The molecule has 206 valence electrons. The van der Waals surface area contributed by atoms with Crippen molar-refractivity contribution < 1.29 is 24.3 Å². The van der Waals surface area contributed by atoms with Crippen LogP contribution in [0.1, 0.15) is 97.1 Å². The van der Waals surface area contributed by atoms with E-state index in [1.807, 2.05) is 39.8 Å². The van der Waals surface area contributed by atoms with Crippen molar-refractivity contribution in [2.45, 2.75) is 111 Å². The first kappa shape index (κ1) is 30.3. The Morgan fingerprint density at radius 1 is 0.973 bits per heavy atom. The summed E-state index contributed by atoms with van der Waals surface area (Å²) in [6.45, 7) is 12.6. The van der Waals surface area contributed by atoms with Gasteiger partial charge in [-0.1, -0.05) is 65.8 Å². The summed E-state index contributed by atoms with van der Waals surface area (Å²) in [7, 11) is 0. The van der Waals surface area contributed by atoms with Crippen molar-refractivity contribution in [1.29, 1.82) is 0 Å². The predicted molar refractivity (Wildman–Crippen MR) is 144 cm³/mol. The molecule has 1 aromatic carbocycles. The van der Waals surface area contributed by atoms with Gasteiger partial charge in [-0.05, 0) is 48.1 Å². The van der Waals surface area contributed by atoms with E-state index >= 15 is 0 Å². The van der Waals surface area contributed by atoms with Crippen molar-refractivity contribution in [1.82, 2.24) is 15.5 Å². The molecule has 3 amide bonds. The lowest BCUT2D eigenvalue weighted by Gasteiger charge is -2.27. The summed E-state index contributed by atoms with van der Waals surface area (Å²) in [5.41, 5.74) is 2.26. The maximum atomic E-state index is 13.1. The Balaban J connectivity index is 2.04. The maximum Gasteiger partial charge on any atom is 0.305 e. The van der Waals surface area contributed by atoms with Gasteiger partial charge in [-0.3, -0.25) is 19.2 Å². The third-order valence-corrected chi connectivity index (χ3v) is 6.76. The predicted octanol–water partition coefficient (Wildman–Crippen LogP) is 4.23. The molecule has 0 aliphatic carbocycles. The number of nitrogens with zero attached hydrogens (tertiary/aromatic N) is 1. The van der Waals surface area contributed by atoms with Gasteiger partial charge in [-0.25, -0.2) is 0 Å². The third kappa shape index (κ3) is 10.2. The molecule has 1 unspecified atom stereocenters. The van der Waals surface area contributed by atoms with Gasteiger partial charge in [0.05, 0.1) is 6.42 Å². The van der Waals surface area contributed by atoms with Crippen LogP contribution in [-0.2, 0) is 25.7 Å². The van der Waals surface area contributed by atoms with Crippen molar-refractivity contribution in [2.75, 3.05) is 0 Å². The second kappa shape index (κ2) is 14.1. The molecule has 3 N–H and O–H groups in total. The number of rotatable bonds is 14. The summed E-state index contributed by atoms with van der Waals surface area (Å²) >= 11 is 0. The fourth-order valence-corrected chi connectivity index (χ4v) is 4.87. The van der Waals surface area contributed by atoms with Gasteiger partial charge >= 0.3 is 5.97 Å². The van der Waals surface area contributed by atoms with Crippen LogP contribution in [0.5, 0.6) is 0 Å². The molecule has 37 heavy (non-hydrogen) atoms. The standard InChI is InChI=1S/C29H45N3O5/c1-18(2)13-23(15-28(35)36)30-29(37)25(14-19(3)4)31-26(33)16-24-11-12-27(34)32(24)17-21-7-9-22(10-8-21)20(5)6/h7-10,18-20,23-25H,11-17H2,1-6H3,(H,30,37)(H,31,33)(H,35,36)/t23-,24?,25-/m0/s1. The first-order chi connectivity index (χ1) is 17.3. The topological polar surface area (TPSA) is 116 Å². The second-order valence-electron chi connectivity index (χ2n) is 11.5. The maximum absolute atomic E-state index is 13.1. The fraction of sp³-hybridized carbons (Fsp3) is 0.655. The molecule has 1 aromatic rings. The van der Waals surface area contributed by atoms with Crippen LogP contribution >= 0.6 is 0 Å². The van der Waals surface area contributed by atoms with Crippen LogP contribution < -0.4 is 10.6 Å². The summed E-state index contributed by atoms with van der Waals surface area (Å²) in [4.78, 5) is 51.8. The summed E-state index contributed by atoms with van der Waals surface area (Å²) < 4.78 is 0. The zero-order valence-corrected chi connectivity index (χ0v) is 23.3. The molecule has 0 aromatic heterocycles. The number of carbonyl (C=O) groups is 4. The zero-order valence-electron chi connectivity index (χ0n) is 23.3. The smallest absolute Gasteiger partial charge is 0.305 e. The van der Waals surface area contributed by atoms with E-state index in [4.69, 9.17) is 0 Å². The molecule has 0 radical (unpaired) electrons. The lowest BCUT2D eigenvalue weighted by Crippen LogP contribution is -2.51. The summed E-state index contributed by atoms with van der Waals surface area (Å²) in [5, 5.41) is 15.0. The number of nitrogens with one attached hydrogen (secondary N) is 2. The molecule has 1 saturated heterocycles. The van der Waals surface area contributed by atoms with Gasteiger partial charge in [0.1, 0.15) is 6.04 Å². The van der Waals surface area contributed by atoms with Gasteiger partial charge in [0.2, 0.25) is 17.7 Å².